The van der Waals surface area contributed by atoms with Crippen LogP contribution in [0.1, 0.15) is 18.1 Å². The van der Waals surface area contributed by atoms with Crippen LogP contribution in [0, 0.1) is 0 Å². The van der Waals surface area contributed by atoms with Crippen LogP contribution in [0.4, 0.5) is 0 Å². The Hall–Kier alpha value is -0.580. The predicted molar refractivity (Wildman–Crippen MR) is 56.4 cm³/mol. The Kier molecular flexibility index (Phi) is 3.92. The van der Waals surface area contributed by atoms with Crippen molar-refractivity contribution in [2.24, 2.45) is 0 Å². The summed E-state index contributed by atoms with van der Waals surface area (Å²) >= 11 is 8.94. The first kappa shape index (κ1) is 11.5. The minimum Gasteiger partial charge on any atom is -0.481 e. The Labute approximate surface area is 94.4 Å². The second-order valence-electron chi connectivity index (χ2n) is 2.79. The first-order valence-corrected chi connectivity index (χ1v) is 5.02. The largest absolute Gasteiger partial charge is 0.481 e. The molecule has 0 aliphatic rings. The molecule has 0 amide bonds. The van der Waals surface area contributed by atoms with Gasteiger partial charge in [-0.15, -0.1) is 0 Å². The van der Waals surface area contributed by atoms with Crippen molar-refractivity contribution in [3.63, 3.8) is 0 Å². The lowest BCUT2D eigenvalue weighted by Crippen LogP contribution is -2.05. The molecule has 1 aromatic carbocycles. The number of carbonyl (C=O) groups is 1. The van der Waals surface area contributed by atoms with Gasteiger partial charge in [-0.3, -0.25) is 4.79 Å². The SMILES string of the molecule is O=C(O)C[C@H](O)c1ccc(Cl)c(Br)c1. The van der Waals surface area contributed by atoms with Crippen molar-refractivity contribution in [1.29, 1.82) is 0 Å². The number of aliphatic carboxylic acids is 1. The fraction of sp³-hybridized carbons (Fsp3) is 0.222. The minimum atomic E-state index is -1.04. The molecule has 0 saturated carbocycles. The zero-order chi connectivity index (χ0) is 10.7. The summed E-state index contributed by atoms with van der Waals surface area (Å²) in [5.41, 5.74) is 0.531. The smallest absolute Gasteiger partial charge is 0.306 e. The molecule has 1 aromatic rings. The average Bonchev–Trinajstić information content (AvgIpc) is 2.08. The number of carboxylic acid groups (broad SMARTS) is 1. The van der Waals surface area contributed by atoms with Gasteiger partial charge in [0.15, 0.2) is 0 Å². The van der Waals surface area contributed by atoms with Crippen LogP contribution in [0.3, 0.4) is 0 Å². The van der Waals surface area contributed by atoms with Crippen LogP contribution >= 0.6 is 27.5 Å². The normalized spacial score (nSPS) is 12.5. The molecule has 0 unspecified atom stereocenters. The zero-order valence-corrected chi connectivity index (χ0v) is 9.42. The van der Waals surface area contributed by atoms with Crippen LogP contribution < -0.4 is 0 Å². The molecular formula is C9H8BrClO3. The van der Waals surface area contributed by atoms with Crippen LogP contribution in [0.15, 0.2) is 22.7 Å². The van der Waals surface area contributed by atoms with E-state index in [0.29, 0.717) is 15.1 Å². The van der Waals surface area contributed by atoms with Gasteiger partial charge in [0.1, 0.15) is 0 Å². The van der Waals surface area contributed by atoms with Crippen LogP contribution in [0.5, 0.6) is 0 Å². The molecule has 0 radical (unpaired) electrons. The molecule has 0 aromatic heterocycles. The third kappa shape index (κ3) is 2.97. The standard InChI is InChI=1S/C9H8BrClO3/c10-6-3-5(1-2-7(6)11)8(12)4-9(13)14/h1-3,8,12H,4H2,(H,13,14)/t8-/m0/s1. The molecule has 0 bridgehead atoms. The molecule has 2 N–H and O–H groups in total. The second kappa shape index (κ2) is 4.77. The van der Waals surface area contributed by atoms with Gasteiger partial charge < -0.3 is 10.2 Å². The van der Waals surface area contributed by atoms with Crippen LogP contribution in [0.25, 0.3) is 0 Å². The van der Waals surface area contributed by atoms with E-state index in [1.165, 1.54) is 0 Å². The van der Waals surface area contributed by atoms with Gasteiger partial charge in [0.05, 0.1) is 17.5 Å². The van der Waals surface area contributed by atoms with Gasteiger partial charge in [-0.2, -0.15) is 0 Å². The monoisotopic (exact) mass is 278 g/mol. The molecule has 76 valence electrons. The van der Waals surface area contributed by atoms with Gasteiger partial charge in [-0.25, -0.2) is 0 Å². The van der Waals surface area contributed by atoms with Gasteiger partial charge in [-0.05, 0) is 33.6 Å². The van der Waals surface area contributed by atoms with E-state index in [1.807, 2.05) is 0 Å². The number of benzene rings is 1. The molecule has 1 atom stereocenters. The fourth-order valence-corrected chi connectivity index (χ4v) is 1.52. The van der Waals surface area contributed by atoms with Crippen molar-refractivity contribution < 1.29 is 15.0 Å². The Bertz CT molecular complexity index is 354. The molecule has 0 fully saturated rings. The van der Waals surface area contributed by atoms with E-state index in [4.69, 9.17) is 16.7 Å². The second-order valence-corrected chi connectivity index (χ2v) is 4.05. The topological polar surface area (TPSA) is 57.5 Å². The van der Waals surface area contributed by atoms with Gasteiger partial charge in [0, 0.05) is 4.47 Å². The summed E-state index contributed by atoms with van der Waals surface area (Å²) in [5.74, 6) is -1.04. The van der Waals surface area contributed by atoms with Crippen LogP contribution in [0.2, 0.25) is 5.02 Å². The Morgan fingerprint density at radius 1 is 1.57 bits per heavy atom. The maximum atomic E-state index is 10.3. The summed E-state index contributed by atoms with van der Waals surface area (Å²) in [6.07, 6.45) is -1.31. The quantitative estimate of drug-likeness (QED) is 0.894. The number of hydrogen-bond acceptors (Lipinski definition) is 2. The van der Waals surface area contributed by atoms with E-state index in [1.54, 1.807) is 18.2 Å². The molecule has 3 nitrogen and oxygen atoms in total. The van der Waals surface area contributed by atoms with E-state index in [0.717, 1.165) is 0 Å². The summed E-state index contributed by atoms with van der Waals surface area (Å²) < 4.78 is 0.640. The highest BCUT2D eigenvalue weighted by Crippen LogP contribution is 2.27. The number of rotatable bonds is 3. The van der Waals surface area contributed by atoms with Crippen molar-refractivity contribution in [3.8, 4) is 0 Å². The summed E-state index contributed by atoms with van der Waals surface area (Å²) in [6.45, 7) is 0. The lowest BCUT2D eigenvalue weighted by Gasteiger charge is -2.08. The lowest BCUT2D eigenvalue weighted by atomic mass is 10.1. The van der Waals surface area contributed by atoms with Gasteiger partial charge in [0.25, 0.3) is 0 Å². The Morgan fingerprint density at radius 3 is 2.71 bits per heavy atom. The average molecular weight is 280 g/mol. The first-order chi connectivity index (χ1) is 6.50. The molecule has 0 saturated heterocycles. The highest BCUT2D eigenvalue weighted by atomic mass is 79.9. The van der Waals surface area contributed by atoms with Gasteiger partial charge in [-0.1, -0.05) is 17.7 Å². The van der Waals surface area contributed by atoms with Gasteiger partial charge in [0.2, 0.25) is 0 Å². The Balaban J connectivity index is 2.85. The third-order valence-electron chi connectivity index (χ3n) is 1.70. The van der Waals surface area contributed by atoms with Crippen LogP contribution in [-0.2, 0) is 4.79 Å². The zero-order valence-electron chi connectivity index (χ0n) is 7.08. The molecule has 0 spiro atoms. The maximum Gasteiger partial charge on any atom is 0.306 e. The summed E-state index contributed by atoms with van der Waals surface area (Å²) in [4.78, 5) is 10.3. The van der Waals surface area contributed by atoms with Crippen molar-refractivity contribution in [2.45, 2.75) is 12.5 Å². The molecular weight excluding hydrogens is 271 g/mol. The fourth-order valence-electron chi connectivity index (χ4n) is 1.00. The minimum absolute atomic E-state index is 0.311. The van der Waals surface area contributed by atoms with Gasteiger partial charge >= 0.3 is 5.97 Å². The van der Waals surface area contributed by atoms with E-state index in [9.17, 15) is 9.90 Å². The predicted octanol–water partition coefficient (Wildman–Crippen LogP) is 2.61. The molecule has 0 aliphatic heterocycles. The Morgan fingerprint density at radius 2 is 2.21 bits per heavy atom. The molecule has 0 heterocycles. The highest BCUT2D eigenvalue weighted by molar-refractivity contribution is 9.10. The van der Waals surface area contributed by atoms with E-state index in [-0.39, 0.29) is 6.42 Å². The molecule has 1 rings (SSSR count). The number of aliphatic hydroxyl groups excluding tert-OH is 1. The maximum absolute atomic E-state index is 10.3. The van der Waals surface area contributed by atoms with E-state index < -0.39 is 12.1 Å². The number of carboxylic acids is 1. The molecule has 5 heteroatoms. The highest BCUT2D eigenvalue weighted by Gasteiger charge is 2.12. The van der Waals surface area contributed by atoms with Crippen LogP contribution in [-0.4, -0.2) is 16.2 Å². The van der Waals surface area contributed by atoms with E-state index >= 15 is 0 Å². The number of aliphatic hydroxyl groups is 1. The summed E-state index contributed by atoms with van der Waals surface area (Å²) in [6, 6.07) is 4.81. The summed E-state index contributed by atoms with van der Waals surface area (Å²) in [7, 11) is 0. The molecule has 0 aliphatic carbocycles. The first-order valence-electron chi connectivity index (χ1n) is 3.85. The number of halogens is 2. The van der Waals surface area contributed by atoms with E-state index in [2.05, 4.69) is 15.9 Å². The lowest BCUT2D eigenvalue weighted by molar-refractivity contribution is -0.139. The third-order valence-corrected chi connectivity index (χ3v) is 2.91. The van der Waals surface area contributed by atoms with Crippen molar-refractivity contribution in [2.75, 3.05) is 0 Å². The van der Waals surface area contributed by atoms with Crippen molar-refractivity contribution >= 4 is 33.5 Å². The molecule has 14 heavy (non-hydrogen) atoms. The van der Waals surface area contributed by atoms with Crippen molar-refractivity contribution in [3.05, 3.63) is 33.3 Å². The van der Waals surface area contributed by atoms with Crippen molar-refractivity contribution in [1.82, 2.24) is 0 Å². The summed E-state index contributed by atoms with van der Waals surface area (Å²) in [5, 5.41) is 18.5. The number of hydrogen-bond donors (Lipinski definition) is 2.